The lowest BCUT2D eigenvalue weighted by Crippen LogP contribution is -2.22. The zero-order chi connectivity index (χ0) is 12.7. The lowest BCUT2D eigenvalue weighted by Gasteiger charge is -2.24. The molecule has 0 heterocycles. The monoisotopic (exact) mass is 243 g/mol. The van der Waals surface area contributed by atoms with E-state index in [0.29, 0.717) is 5.92 Å². The minimum absolute atomic E-state index is 0.119. The molecule has 0 aromatic rings. The quantitative estimate of drug-likeness (QED) is 0.408. The van der Waals surface area contributed by atoms with Crippen LogP contribution in [-0.2, 0) is 9.53 Å². The minimum atomic E-state index is -0.340. The van der Waals surface area contributed by atoms with Crippen LogP contribution in [0.3, 0.4) is 0 Å². The molecule has 0 N–H and O–H groups in total. The molecule has 1 unspecified atom stereocenters. The Balaban J connectivity index is 2.43. The molecule has 1 fully saturated rings. The summed E-state index contributed by atoms with van der Waals surface area (Å²) in [6, 6.07) is 0. The minimum Gasteiger partial charge on any atom is -0.469 e. The Morgan fingerprint density at radius 3 is 2.59 bits per heavy atom. The van der Waals surface area contributed by atoms with E-state index < -0.39 is 0 Å². The fourth-order valence-electron chi connectivity index (χ4n) is 2.65. The SMILES string of the molecule is COC(=O)CC(CC1CCCCC1)C[N+](=O)[O-]. The summed E-state index contributed by atoms with van der Waals surface area (Å²) >= 11 is 0. The summed E-state index contributed by atoms with van der Waals surface area (Å²) in [4.78, 5) is 21.5. The van der Waals surface area contributed by atoms with Crippen molar-refractivity contribution in [1.29, 1.82) is 0 Å². The molecule has 0 spiro atoms. The standard InChI is InChI=1S/C12H21NO4/c1-17-12(14)8-11(9-13(15)16)7-10-5-3-2-4-6-10/h10-11H,2-9H2,1H3. The second-order valence-corrected chi connectivity index (χ2v) is 4.90. The van der Waals surface area contributed by atoms with Gasteiger partial charge in [0.2, 0.25) is 6.54 Å². The maximum Gasteiger partial charge on any atom is 0.306 e. The Morgan fingerprint density at radius 2 is 2.06 bits per heavy atom. The third kappa shape index (κ3) is 5.65. The van der Waals surface area contributed by atoms with Crippen molar-refractivity contribution in [3.8, 4) is 0 Å². The Kier molecular flexibility index (Phi) is 5.94. The van der Waals surface area contributed by atoms with Crippen molar-refractivity contribution >= 4 is 5.97 Å². The first-order chi connectivity index (χ1) is 8.11. The van der Waals surface area contributed by atoms with Gasteiger partial charge in [0.1, 0.15) is 0 Å². The van der Waals surface area contributed by atoms with E-state index in [1.807, 2.05) is 0 Å². The average Bonchev–Trinajstić information content (AvgIpc) is 2.29. The van der Waals surface area contributed by atoms with Gasteiger partial charge in [0.25, 0.3) is 0 Å². The Hall–Kier alpha value is -1.13. The van der Waals surface area contributed by atoms with E-state index in [4.69, 9.17) is 0 Å². The van der Waals surface area contributed by atoms with Crippen molar-refractivity contribution in [3.63, 3.8) is 0 Å². The molecular weight excluding hydrogens is 222 g/mol. The van der Waals surface area contributed by atoms with Crippen LogP contribution in [-0.4, -0.2) is 24.5 Å². The molecule has 1 aliphatic rings. The molecule has 0 aromatic carbocycles. The topological polar surface area (TPSA) is 69.4 Å². The van der Waals surface area contributed by atoms with Crippen molar-refractivity contribution in [2.45, 2.75) is 44.9 Å². The van der Waals surface area contributed by atoms with Gasteiger partial charge in [-0.05, 0) is 12.3 Å². The predicted molar refractivity (Wildman–Crippen MR) is 63.2 cm³/mol. The van der Waals surface area contributed by atoms with E-state index in [2.05, 4.69) is 4.74 Å². The highest BCUT2D eigenvalue weighted by Crippen LogP contribution is 2.30. The molecule has 1 rings (SSSR count). The van der Waals surface area contributed by atoms with Crippen LogP contribution in [0, 0.1) is 22.0 Å². The Morgan fingerprint density at radius 1 is 1.41 bits per heavy atom. The fraction of sp³-hybridized carbons (Fsp3) is 0.917. The molecule has 1 saturated carbocycles. The molecule has 1 atom stereocenters. The van der Waals surface area contributed by atoms with Crippen molar-refractivity contribution in [1.82, 2.24) is 0 Å². The number of carbonyl (C=O) groups excluding carboxylic acids is 1. The lowest BCUT2D eigenvalue weighted by atomic mass is 9.82. The maximum absolute atomic E-state index is 11.2. The first kappa shape index (κ1) is 13.9. The van der Waals surface area contributed by atoms with Gasteiger partial charge in [0.05, 0.1) is 13.5 Å². The summed E-state index contributed by atoms with van der Waals surface area (Å²) in [6.07, 6.45) is 6.96. The van der Waals surface area contributed by atoms with Gasteiger partial charge in [-0.3, -0.25) is 14.9 Å². The van der Waals surface area contributed by atoms with Crippen LogP contribution < -0.4 is 0 Å². The van der Waals surface area contributed by atoms with Crippen LogP contribution in [0.5, 0.6) is 0 Å². The fourth-order valence-corrected chi connectivity index (χ4v) is 2.65. The molecular formula is C12H21NO4. The summed E-state index contributed by atoms with van der Waals surface area (Å²) in [5, 5.41) is 10.6. The summed E-state index contributed by atoms with van der Waals surface area (Å²) in [6.45, 7) is -0.119. The van der Waals surface area contributed by atoms with Gasteiger partial charge in [-0.15, -0.1) is 0 Å². The molecule has 5 nitrogen and oxygen atoms in total. The molecule has 98 valence electrons. The average molecular weight is 243 g/mol. The van der Waals surface area contributed by atoms with Gasteiger partial charge in [0.15, 0.2) is 0 Å². The highest BCUT2D eigenvalue weighted by Gasteiger charge is 2.25. The molecule has 1 aliphatic carbocycles. The van der Waals surface area contributed by atoms with Crippen molar-refractivity contribution < 1.29 is 14.5 Å². The largest absolute Gasteiger partial charge is 0.469 e. The third-order valence-electron chi connectivity index (χ3n) is 3.48. The van der Waals surface area contributed by atoms with Crippen molar-refractivity contribution in [2.75, 3.05) is 13.7 Å². The number of carbonyl (C=O) groups is 1. The molecule has 0 bridgehead atoms. The molecule has 0 amide bonds. The van der Waals surface area contributed by atoms with Gasteiger partial charge in [-0.25, -0.2) is 0 Å². The summed E-state index contributed by atoms with van der Waals surface area (Å²) in [5.41, 5.74) is 0. The van der Waals surface area contributed by atoms with Gasteiger partial charge < -0.3 is 4.74 Å². The van der Waals surface area contributed by atoms with Crippen molar-refractivity contribution in [3.05, 3.63) is 10.1 Å². The van der Waals surface area contributed by atoms with E-state index in [9.17, 15) is 14.9 Å². The number of hydrogen-bond donors (Lipinski definition) is 0. The zero-order valence-electron chi connectivity index (χ0n) is 10.4. The Bertz CT molecular complexity index is 261. The molecule has 0 saturated heterocycles. The van der Waals surface area contributed by atoms with Gasteiger partial charge in [-0.2, -0.15) is 0 Å². The highest BCUT2D eigenvalue weighted by molar-refractivity contribution is 5.69. The first-order valence-corrected chi connectivity index (χ1v) is 6.30. The predicted octanol–water partition coefficient (Wildman–Crippen LogP) is 2.41. The molecule has 17 heavy (non-hydrogen) atoms. The van der Waals surface area contributed by atoms with E-state index >= 15 is 0 Å². The number of rotatable bonds is 6. The normalized spacial score (nSPS) is 18.6. The highest BCUT2D eigenvalue weighted by atomic mass is 16.6. The van der Waals surface area contributed by atoms with Gasteiger partial charge in [0, 0.05) is 10.8 Å². The van der Waals surface area contributed by atoms with E-state index in [1.54, 1.807) is 0 Å². The number of nitrogens with zero attached hydrogens (tertiary/aromatic N) is 1. The van der Waals surface area contributed by atoms with E-state index in [-0.39, 0.29) is 29.8 Å². The Labute approximate surface area is 102 Å². The van der Waals surface area contributed by atoms with E-state index in [1.165, 1.54) is 26.4 Å². The summed E-state index contributed by atoms with van der Waals surface area (Å²) < 4.78 is 4.59. The van der Waals surface area contributed by atoms with Crippen LogP contribution >= 0.6 is 0 Å². The van der Waals surface area contributed by atoms with Crippen LogP contribution in [0.1, 0.15) is 44.9 Å². The van der Waals surface area contributed by atoms with Crippen LogP contribution in [0.15, 0.2) is 0 Å². The van der Waals surface area contributed by atoms with Crippen LogP contribution in [0.2, 0.25) is 0 Å². The van der Waals surface area contributed by atoms with Crippen LogP contribution in [0.4, 0.5) is 0 Å². The number of esters is 1. The lowest BCUT2D eigenvalue weighted by molar-refractivity contribution is -0.488. The zero-order valence-corrected chi connectivity index (χ0v) is 10.4. The second kappa shape index (κ2) is 7.25. The third-order valence-corrected chi connectivity index (χ3v) is 3.48. The number of nitro groups is 1. The van der Waals surface area contributed by atoms with E-state index in [0.717, 1.165) is 19.3 Å². The number of methoxy groups -OCH3 is 1. The smallest absolute Gasteiger partial charge is 0.306 e. The van der Waals surface area contributed by atoms with Gasteiger partial charge >= 0.3 is 5.97 Å². The molecule has 0 aliphatic heterocycles. The molecule has 0 radical (unpaired) electrons. The maximum atomic E-state index is 11.2. The number of hydrogen-bond acceptors (Lipinski definition) is 4. The summed E-state index contributed by atoms with van der Waals surface area (Å²) in [5.74, 6) is 0.0477. The molecule has 0 aromatic heterocycles. The summed E-state index contributed by atoms with van der Waals surface area (Å²) in [7, 11) is 1.33. The molecule has 5 heteroatoms. The second-order valence-electron chi connectivity index (χ2n) is 4.90. The van der Waals surface area contributed by atoms with Gasteiger partial charge in [-0.1, -0.05) is 32.1 Å². The number of ether oxygens (including phenoxy) is 1. The first-order valence-electron chi connectivity index (χ1n) is 6.30. The van der Waals surface area contributed by atoms with Crippen molar-refractivity contribution in [2.24, 2.45) is 11.8 Å². The van der Waals surface area contributed by atoms with Crippen LogP contribution in [0.25, 0.3) is 0 Å².